The zero-order chi connectivity index (χ0) is 18.8. The molecule has 1 amide bonds. The molecule has 140 valence electrons. The number of pyridine rings is 1. The third kappa shape index (κ3) is 3.68. The summed E-state index contributed by atoms with van der Waals surface area (Å²) in [7, 11) is 1.61. The van der Waals surface area contributed by atoms with Crippen molar-refractivity contribution in [3.05, 3.63) is 53.2 Å². The van der Waals surface area contributed by atoms with Crippen molar-refractivity contribution in [3.63, 3.8) is 0 Å². The highest BCUT2D eigenvalue weighted by atomic mass is 35.5. The van der Waals surface area contributed by atoms with Gasteiger partial charge in [-0.3, -0.25) is 9.20 Å². The molecule has 1 N–H and O–H groups in total. The second-order valence-electron chi connectivity index (χ2n) is 6.54. The molecule has 3 heterocycles. The van der Waals surface area contributed by atoms with Crippen molar-refractivity contribution in [3.8, 4) is 5.75 Å². The first-order chi connectivity index (χ1) is 13.1. The Morgan fingerprint density at radius 2 is 1.89 bits per heavy atom. The summed E-state index contributed by atoms with van der Waals surface area (Å²) in [6, 6.07) is 10.9. The molecular weight excluding hydrogens is 366 g/mol. The Hall–Kier alpha value is -2.80. The van der Waals surface area contributed by atoms with Crippen LogP contribution in [-0.2, 0) is 0 Å². The number of fused-ring (bicyclic) bond motifs is 1. The summed E-state index contributed by atoms with van der Waals surface area (Å²) in [5, 5.41) is 12.2. The number of nitrogens with one attached hydrogen (secondary N) is 1. The molecule has 0 saturated carbocycles. The van der Waals surface area contributed by atoms with E-state index in [0.717, 1.165) is 43.3 Å². The predicted molar refractivity (Wildman–Crippen MR) is 104 cm³/mol. The lowest BCUT2D eigenvalue weighted by Crippen LogP contribution is -2.45. The van der Waals surface area contributed by atoms with Crippen molar-refractivity contribution in [1.29, 1.82) is 0 Å². The van der Waals surface area contributed by atoms with Gasteiger partial charge in [0.05, 0.1) is 12.1 Å². The average Bonchev–Trinajstić information content (AvgIpc) is 3.11. The number of aromatic nitrogens is 3. The number of piperidine rings is 1. The zero-order valence-electron chi connectivity index (χ0n) is 14.9. The summed E-state index contributed by atoms with van der Waals surface area (Å²) < 4.78 is 7.03. The molecule has 0 atom stereocenters. The van der Waals surface area contributed by atoms with Crippen LogP contribution >= 0.6 is 11.6 Å². The van der Waals surface area contributed by atoms with Gasteiger partial charge in [-0.05, 0) is 49.2 Å². The molecule has 4 rings (SSSR count). The molecule has 7 nitrogen and oxygen atoms in total. The fourth-order valence-electron chi connectivity index (χ4n) is 3.30. The molecule has 0 spiro atoms. The molecule has 0 unspecified atom stereocenters. The number of anilines is 1. The molecule has 1 saturated heterocycles. The second kappa shape index (κ2) is 7.44. The van der Waals surface area contributed by atoms with Crippen LogP contribution in [0.3, 0.4) is 0 Å². The van der Waals surface area contributed by atoms with Gasteiger partial charge in [-0.15, -0.1) is 10.2 Å². The van der Waals surface area contributed by atoms with Gasteiger partial charge in [-0.1, -0.05) is 11.6 Å². The number of halogens is 1. The van der Waals surface area contributed by atoms with E-state index in [1.54, 1.807) is 37.4 Å². The minimum atomic E-state index is -0.0594. The number of methoxy groups -OCH3 is 1. The Balaban J connectivity index is 1.38. The van der Waals surface area contributed by atoms with Gasteiger partial charge in [-0.2, -0.15) is 0 Å². The number of amides is 1. The lowest BCUT2D eigenvalue weighted by atomic mass is 10.0. The number of carbonyl (C=O) groups excluding carboxylic acids is 1. The van der Waals surface area contributed by atoms with Gasteiger partial charge in [0.25, 0.3) is 5.91 Å². The Bertz CT molecular complexity index is 948. The summed E-state index contributed by atoms with van der Waals surface area (Å²) in [6.45, 7) is 1.59. The van der Waals surface area contributed by atoms with Gasteiger partial charge in [0, 0.05) is 30.9 Å². The van der Waals surface area contributed by atoms with Gasteiger partial charge < -0.3 is 15.0 Å². The van der Waals surface area contributed by atoms with E-state index in [4.69, 9.17) is 16.3 Å². The van der Waals surface area contributed by atoms with Gasteiger partial charge >= 0.3 is 0 Å². The molecule has 1 aliphatic heterocycles. The highest BCUT2D eigenvalue weighted by molar-refractivity contribution is 6.30. The molecule has 1 aliphatic rings. The van der Waals surface area contributed by atoms with E-state index in [2.05, 4.69) is 20.4 Å². The summed E-state index contributed by atoms with van der Waals surface area (Å²) in [4.78, 5) is 14.6. The first kappa shape index (κ1) is 17.6. The molecule has 0 bridgehead atoms. The van der Waals surface area contributed by atoms with Crippen LogP contribution in [0.1, 0.15) is 23.2 Å². The lowest BCUT2D eigenvalue weighted by Gasteiger charge is -2.32. The minimum absolute atomic E-state index is 0.0594. The number of ether oxygens (including phenoxy) is 1. The maximum absolute atomic E-state index is 12.4. The van der Waals surface area contributed by atoms with Crippen molar-refractivity contribution < 1.29 is 9.53 Å². The number of carbonyl (C=O) groups is 1. The first-order valence-electron chi connectivity index (χ1n) is 8.84. The van der Waals surface area contributed by atoms with Crippen LogP contribution in [0.15, 0.2) is 42.6 Å². The van der Waals surface area contributed by atoms with Gasteiger partial charge in [0.1, 0.15) is 5.75 Å². The van der Waals surface area contributed by atoms with E-state index in [-0.39, 0.29) is 11.9 Å². The molecule has 1 aromatic carbocycles. The largest absolute Gasteiger partial charge is 0.497 e. The van der Waals surface area contributed by atoms with Crippen LogP contribution < -0.4 is 15.0 Å². The third-order valence-corrected chi connectivity index (χ3v) is 5.04. The zero-order valence-corrected chi connectivity index (χ0v) is 15.7. The van der Waals surface area contributed by atoms with Crippen LogP contribution in [0.2, 0.25) is 5.02 Å². The van der Waals surface area contributed by atoms with Crippen LogP contribution in [0.25, 0.3) is 5.65 Å². The average molecular weight is 386 g/mol. The van der Waals surface area contributed by atoms with E-state index in [1.165, 1.54) is 0 Å². The summed E-state index contributed by atoms with van der Waals surface area (Å²) >= 11 is 6.09. The van der Waals surface area contributed by atoms with Crippen LogP contribution in [0, 0.1) is 0 Å². The van der Waals surface area contributed by atoms with Crippen molar-refractivity contribution >= 4 is 29.1 Å². The standard InChI is InChI=1S/C19H20ClN5O2/c1-27-16-5-2-13(3-6-16)18(26)21-15-8-10-24(11-9-15)19-23-22-17-7-4-14(20)12-25(17)19/h2-7,12,15H,8-11H2,1H3,(H,21,26). The number of hydrogen-bond acceptors (Lipinski definition) is 5. The summed E-state index contributed by atoms with van der Waals surface area (Å²) in [5.74, 6) is 1.46. The number of nitrogens with zero attached hydrogens (tertiary/aromatic N) is 4. The maximum atomic E-state index is 12.4. The fourth-order valence-corrected chi connectivity index (χ4v) is 3.46. The molecule has 27 heavy (non-hydrogen) atoms. The van der Waals surface area contributed by atoms with E-state index in [1.807, 2.05) is 16.7 Å². The third-order valence-electron chi connectivity index (χ3n) is 4.81. The van der Waals surface area contributed by atoms with Gasteiger partial charge in [0.15, 0.2) is 5.65 Å². The highest BCUT2D eigenvalue weighted by Gasteiger charge is 2.24. The van der Waals surface area contributed by atoms with Crippen LogP contribution in [0.4, 0.5) is 5.95 Å². The topological polar surface area (TPSA) is 71.8 Å². The molecule has 1 fully saturated rings. The summed E-state index contributed by atoms with van der Waals surface area (Å²) in [6.07, 6.45) is 3.51. The Kier molecular flexibility index (Phi) is 4.85. The Morgan fingerprint density at radius 1 is 1.15 bits per heavy atom. The Labute approximate surface area is 161 Å². The highest BCUT2D eigenvalue weighted by Crippen LogP contribution is 2.21. The van der Waals surface area contributed by atoms with Crippen molar-refractivity contribution in [2.75, 3.05) is 25.1 Å². The number of rotatable bonds is 4. The van der Waals surface area contributed by atoms with Crippen molar-refractivity contribution in [2.24, 2.45) is 0 Å². The van der Waals surface area contributed by atoms with Gasteiger partial charge in [-0.25, -0.2) is 0 Å². The summed E-state index contributed by atoms with van der Waals surface area (Å²) in [5.41, 5.74) is 1.40. The molecule has 0 radical (unpaired) electrons. The Morgan fingerprint density at radius 3 is 2.59 bits per heavy atom. The lowest BCUT2D eigenvalue weighted by molar-refractivity contribution is 0.0931. The van der Waals surface area contributed by atoms with E-state index >= 15 is 0 Å². The maximum Gasteiger partial charge on any atom is 0.251 e. The predicted octanol–water partition coefficient (Wildman–Crippen LogP) is 2.79. The fraction of sp³-hybridized carbons (Fsp3) is 0.316. The second-order valence-corrected chi connectivity index (χ2v) is 6.98. The molecule has 3 aromatic rings. The van der Waals surface area contributed by atoms with Crippen LogP contribution in [0.5, 0.6) is 5.75 Å². The van der Waals surface area contributed by atoms with Crippen molar-refractivity contribution in [2.45, 2.75) is 18.9 Å². The van der Waals surface area contributed by atoms with E-state index < -0.39 is 0 Å². The molecular formula is C19H20ClN5O2. The SMILES string of the molecule is COc1ccc(C(=O)NC2CCN(c3nnc4ccc(Cl)cn34)CC2)cc1. The van der Waals surface area contributed by atoms with E-state index in [0.29, 0.717) is 10.6 Å². The molecule has 2 aromatic heterocycles. The van der Waals surface area contributed by atoms with E-state index in [9.17, 15) is 4.79 Å². The van der Waals surface area contributed by atoms with Crippen molar-refractivity contribution in [1.82, 2.24) is 19.9 Å². The minimum Gasteiger partial charge on any atom is -0.497 e. The quantitative estimate of drug-likeness (QED) is 0.747. The smallest absolute Gasteiger partial charge is 0.251 e. The monoisotopic (exact) mass is 385 g/mol. The first-order valence-corrected chi connectivity index (χ1v) is 9.22. The van der Waals surface area contributed by atoms with Gasteiger partial charge in [0.2, 0.25) is 5.95 Å². The normalized spacial score (nSPS) is 15.1. The molecule has 0 aliphatic carbocycles. The molecule has 8 heteroatoms. The number of benzene rings is 1. The number of hydrogen-bond donors (Lipinski definition) is 1. The van der Waals surface area contributed by atoms with Crippen LogP contribution in [-0.4, -0.2) is 46.7 Å².